The average molecular weight is 392 g/mol. The van der Waals surface area contributed by atoms with Crippen LogP contribution in [0.25, 0.3) is 11.3 Å². The van der Waals surface area contributed by atoms with Crippen LogP contribution in [0.1, 0.15) is 0 Å². The lowest BCUT2D eigenvalue weighted by Crippen LogP contribution is -2.27. The largest absolute Gasteiger partial charge is 0.323 e. The summed E-state index contributed by atoms with van der Waals surface area (Å²) in [6.07, 6.45) is 1.20. The van der Waals surface area contributed by atoms with Crippen molar-refractivity contribution in [1.82, 2.24) is 9.55 Å². The minimum absolute atomic E-state index is 0.200. The van der Waals surface area contributed by atoms with E-state index >= 15 is 0 Å². The Labute approximate surface area is 158 Å². The van der Waals surface area contributed by atoms with Gasteiger partial charge >= 0.3 is 0 Å². The highest BCUT2D eigenvalue weighted by atomic mass is 35.5. The zero-order valence-electron chi connectivity index (χ0n) is 13.2. The van der Waals surface area contributed by atoms with Gasteiger partial charge in [-0.15, -0.1) is 0 Å². The summed E-state index contributed by atoms with van der Waals surface area (Å²) in [5, 5.41) is 3.32. The fourth-order valence-electron chi connectivity index (χ4n) is 2.30. The second-order valence-corrected chi connectivity index (χ2v) is 6.24. The van der Waals surface area contributed by atoms with Crippen LogP contribution in [0.4, 0.5) is 10.1 Å². The van der Waals surface area contributed by atoms with E-state index in [1.54, 1.807) is 24.3 Å². The first-order valence-electron chi connectivity index (χ1n) is 7.50. The predicted octanol–water partition coefficient (Wildman–Crippen LogP) is 3.99. The van der Waals surface area contributed by atoms with Gasteiger partial charge in [0.15, 0.2) is 0 Å². The van der Waals surface area contributed by atoms with Crippen LogP contribution < -0.4 is 10.9 Å². The lowest BCUT2D eigenvalue weighted by molar-refractivity contribution is -0.116. The van der Waals surface area contributed by atoms with Crippen LogP contribution in [0.2, 0.25) is 10.0 Å². The minimum Gasteiger partial charge on any atom is -0.323 e. The molecule has 2 aromatic carbocycles. The van der Waals surface area contributed by atoms with Crippen molar-refractivity contribution in [3.63, 3.8) is 0 Å². The van der Waals surface area contributed by atoms with Gasteiger partial charge in [0.05, 0.1) is 22.7 Å². The summed E-state index contributed by atoms with van der Waals surface area (Å²) in [7, 11) is 0. The van der Waals surface area contributed by atoms with Gasteiger partial charge in [-0.3, -0.25) is 14.2 Å². The maximum atomic E-state index is 13.8. The van der Waals surface area contributed by atoms with Gasteiger partial charge in [-0.1, -0.05) is 35.3 Å². The first-order chi connectivity index (χ1) is 12.4. The van der Waals surface area contributed by atoms with E-state index in [0.29, 0.717) is 10.7 Å². The molecule has 0 aliphatic carbocycles. The van der Waals surface area contributed by atoms with Crippen molar-refractivity contribution in [3.05, 3.63) is 81.1 Å². The molecule has 0 saturated carbocycles. The van der Waals surface area contributed by atoms with E-state index in [1.165, 1.54) is 30.6 Å². The maximum Gasteiger partial charge on any atom is 0.254 e. The lowest BCUT2D eigenvalue weighted by atomic mass is 10.1. The van der Waals surface area contributed by atoms with E-state index < -0.39 is 17.3 Å². The molecular formula is C18H12Cl2FN3O2. The summed E-state index contributed by atoms with van der Waals surface area (Å²) < 4.78 is 14.9. The van der Waals surface area contributed by atoms with Crippen LogP contribution in [0.3, 0.4) is 0 Å². The molecule has 0 fully saturated rings. The summed E-state index contributed by atoms with van der Waals surface area (Å²) in [6, 6.07) is 11.8. The summed E-state index contributed by atoms with van der Waals surface area (Å²) in [6.45, 7) is -0.262. The topological polar surface area (TPSA) is 64.0 Å². The third kappa shape index (κ3) is 4.09. The molecule has 26 heavy (non-hydrogen) atoms. The summed E-state index contributed by atoms with van der Waals surface area (Å²) in [4.78, 5) is 28.4. The Kier molecular flexibility index (Phi) is 5.35. The molecule has 0 bridgehead atoms. The molecule has 0 aliphatic rings. The fraction of sp³-hybridized carbons (Fsp3) is 0.0556. The highest BCUT2D eigenvalue weighted by Crippen LogP contribution is 2.25. The molecule has 1 heterocycles. The SMILES string of the molecule is O=C(Cn1cnc(-c2ccccc2F)cc1=O)Nc1ccc(Cl)cc1Cl. The van der Waals surface area contributed by atoms with E-state index in [1.807, 2.05) is 0 Å². The summed E-state index contributed by atoms with van der Waals surface area (Å²) in [5.74, 6) is -0.941. The third-order valence-corrected chi connectivity index (χ3v) is 4.10. The highest BCUT2D eigenvalue weighted by molar-refractivity contribution is 6.36. The zero-order valence-corrected chi connectivity index (χ0v) is 14.8. The van der Waals surface area contributed by atoms with Crippen molar-refractivity contribution in [1.29, 1.82) is 0 Å². The first-order valence-corrected chi connectivity index (χ1v) is 8.26. The molecule has 5 nitrogen and oxygen atoms in total. The Morgan fingerprint density at radius 1 is 1.15 bits per heavy atom. The monoisotopic (exact) mass is 391 g/mol. The van der Waals surface area contributed by atoms with Crippen molar-refractivity contribution >= 4 is 34.8 Å². The Morgan fingerprint density at radius 2 is 1.92 bits per heavy atom. The highest BCUT2D eigenvalue weighted by Gasteiger charge is 2.11. The number of amides is 1. The lowest BCUT2D eigenvalue weighted by Gasteiger charge is -2.09. The second kappa shape index (κ2) is 7.68. The first kappa shape index (κ1) is 18.1. The number of rotatable bonds is 4. The predicted molar refractivity (Wildman–Crippen MR) is 99.0 cm³/mol. The van der Waals surface area contributed by atoms with Gasteiger partial charge in [0.25, 0.3) is 5.56 Å². The van der Waals surface area contributed by atoms with Gasteiger partial charge < -0.3 is 5.32 Å². The van der Waals surface area contributed by atoms with Gasteiger partial charge in [0.2, 0.25) is 5.91 Å². The van der Waals surface area contributed by atoms with Gasteiger partial charge in [-0.2, -0.15) is 0 Å². The minimum atomic E-state index is -0.479. The number of nitrogens with one attached hydrogen (secondary N) is 1. The van der Waals surface area contributed by atoms with Gasteiger partial charge in [-0.05, 0) is 30.3 Å². The smallest absolute Gasteiger partial charge is 0.254 e. The molecule has 0 spiro atoms. The molecule has 0 radical (unpaired) electrons. The number of anilines is 1. The van der Waals surface area contributed by atoms with Crippen LogP contribution >= 0.6 is 23.2 Å². The molecule has 0 aliphatic heterocycles. The number of hydrogen-bond acceptors (Lipinski definition) is 3. The fourth-order valence-corrected chi connectivity index (χ4v) is 2.75. The van der Waals surface area contributed by atoms with Gasteiger partial charge in [0.1, 0.15) is 12.4 Å². The number of carbonyl (C=O) groups excluding carboxylic acids is 1. The van der Waals surface area contributed by atoms with E-state index in [0.717, 1.165) is 4.57 Å². The number of carbonyl (C=O) groups is 1. The summed E-state index contributed by atoms with van der Waals surface area (Å²) in [5.41, 5.74) is 0.320. The molecular weight excluding hydrogens is 380 g/mol. The molecule has 132 valence electrons. The quantitative estimate of drug-likeness (QED) is 0.730. The summed E-state index contributed by atoms with van der Waals surface area (Å²) >= 11 is 11.8. The van der Waals surface area contributed by atoms with E-state index in [9.17, 15) is 14.0 Å². The van der Waals surface area contributed by atoms with Crippen molar-refractivity contribution in [3.8, 4) is 11.3 Å². The van der Waals surface area contributed by atoms with Crippen LogP contribution in [0, 0.1) is 5.82 Å². The van der Waals surface area contributed by atoms with Crippen LogP contribution in [0.5, 0.6) is 0 Å². The molecule has 1 amide bonds. The second-order valence-electron chi connectivity index (χ2n) is 5.39. The van der Waals surface area contributed by atoms with E-state index in [4.69, 9.17) is 23.2 Å². The number of halogens is 3. The third-order valence-electron chi connectivity index (χ3n) is 3.55. The van der Waals surface area contributed by atoms with Crippen LogP contribution in [-0.4, -0.2) is 15.5 Å². The van der Waals surface area contributed by atoms with Crippen molar-refractivity contribution in [2.24, 2.45) is 0 Å². The number of benzene rings is 2. The molecule has 1 N–H and O–H groups in total. The van der Waals surface area contributed by atoms with Crippen LogP contribution in [-0.2, 0) is 11.3 Å². The van der Waals surface area contributed by atoms with Gasteiger partial charge in [-0.25, -0.2) is 9.37 Å². The van der Waals surface area contributed by atoms with E-state index in [2.05, 4.69) is 10.3 Å². The molecule has 3 rings (SSSR count). The van der Waals surface area contributed by atoms with Crippen molar-refractivity contribution in [2.45, 2.75) is 6.54 Å². The Hall–Kier alpha value is -2.70. The van der Waals surface area contributed by atoms with Crippen molar-refractivity contribution in [2.75, 3.05) is 5.32 Å². The molecule has 0 unspecified atom stereocenters. The molecule has 0 atom stereocenters. The molecule has 0 saturated heterocycles. The van der Waals surface area contributed by atoms with E-state index in [-0.39, 0.29) is 22.8 Å². The number of nitrogens with zero attached hydrogens (tertiary/aromatic N) is 2. The van der Waals surface area contributed by atoms with Crippen molar-refractivity contribution < 1.29 is 9.18 Å². The average Bonchev–Trinajstić information content (AvgIpc) is 2.60. The Balaban J connectivity index is 1.77. The van der Waals surface area contributed by atoms with Crippen LogP contribution in [0.15, 0.2) is 59.7 Å². The zero-order chi connectivity index (χ0) is 18.7. The van der Waals surface area contributed by atoms with Gasteiger partial charge in [0, 0.05) is 16.7 Å². The number of aromatic nitrogens is 2. The molecule has 1 aromatic heterocycles. The standard InChI is InChI=1S/C18H12Cl2FN3O2/c19-11-5-6-15(13(20)7-11)23-17(25)9-24-10-22-16(8-18(24)26)12-3-1-2-4-14(12)21/h1-8,10H,9H2,(H,23,25). The Morgan fingerprint density at radius 3 is 2.62 bits per heavy atom. The number of hydrogen-bond donors (Lipinski definition) is 1. The normalized spacial score (nSPS) is 10.6. The Bertz CT molecular complexity index is 1040. The molecule has 3 aromatic rings. The molecule has 8 heteroatoms. The maximum absolute atomic E-state index is 13.8.